The number of carbonyl (C=O) groups excluding carboxylic acids is 1. The molecular formula is C13H22N4O4. The Kier molecular flexibility index (Phi) is 6.09. The van der Waals surface area contributed by atoms with Gasteiger partial charge in [-0.2, -0.15) is 4.98 Å². The fourth-order valence-corrected chi connectivity index (χ4v) is 2.12. The van der Waals surface area contributed by atoms with Crippen LogP contribution in [0.2, 0.25) is 0 Å². The van der Waals surface area contributed by atoms with Gasteiger partial charge in [-0.1, -0.05) is 12.1 Å². The summed E-state index contributed by atoms with van der Waals surface area (Å²) in [6, 6.07) is 0. The highest BCUT2D eigenvalue weighted by molar-refractivity contribution is 5.78. The van der Waals surface area contributed by atoms with Crippen LogP contribution in [0.25, 0.3) is 0 Å². The molecule has 21 heavy (non-hydrogen) atoms. The van der Waals surface area contributed by atoms with E-state index in [9.17, 15) is 4.79 Å². The van der Waals surface area contributed by atoms with E-state index in [-0.39, 0.29) is 5.91 Å². The maximum atomic E-state index is 12.2. The molecule has 8 heteroatoms. The van der Waals surface area contributed by atoms with E-state index in [4.69, 9.17) is 14.0 Å². The zero-order valence-electron chi connectivity index (χ0n) is 12.6. The summed E-state index contributed by atoms with van der Waals surface area (Å²) in [6.45, 7) is 6.41. The van der Waals surface area contributed by atoms with Crippen LogP contribution in [-0.4, -0.2) is 72.4 Å². The summed E-state index contributed by atoms with van der Waals surface area (Å²) < 4.78 is 15.3. The smallest absolute Gasteiger partial charge is 0.240 e. The van der Waals surface area contributed by atoms with E-state index in [0.29, 0.717) is 57.7 Å². The van der Waals surface area contributed by atoms with Crippen LogP contribution in [0, 0.1) is 0 Å². The Hall–Kier alpha value is -1.51. The fraction of sp³-hybridized carbons (Fsp3) is 0.769. The second kappa shape index (κ2) is 8.06. The molecule has 0 unspecified atom stereocenters. The molecule has 118 valence electrons. The summed E-state index contributed by atoms with van der Waals surface area (Å²) in [5, 5.41) is 3.81. The molecule has 1 aliphatic rings. The van der Waals surface area contributed by atoms with Crippen LogP contribution >= 0.6 is 0 Å². The van der Waals surface area contributed by atoms with Crippen molar-refractivity contribution in [2.24, 2.45) is 0 Å². The lowest BCUT2D eigenvalue weighted by atomic mass is 10.3. The Balaban J connectivity index is 1.85. The molecule has 1 fully saturated rings. The summed E-state index contributed by atoms with van der Waals surface area (Å²) >= 11 is 0. The molecule has 0 N–H and O–H groups in total. The lowest BCUT2D eigenvalue weighted by Gasteiger charge is -2.29. The standard InChI is InChI=1S/C13H22N4O4/c1-3-16(8-12-14-11(10-19-2)15-21-12)9-13(18)17-4-6-20-7-5-17/h3-10H2,1-2H3. The van der Waals surface area contributed by atoms with Crippen LogP contribution in [-0.2, 0) is 27.4 Å². The molecule has 0 bridgehead atoms. The topological polar surface area (TPSA) is 80.9 Å². The summed E-state index contributed by atoms with van der Waals surface area (Å²) in [6.07, 6.45) is 0. The van der Waals surface area contributed by atoms with Crippen LogP contribution in [0.1, 0.15) is 18.6 Å². The number of rotatable bonds is 7. The fourth-order valence-electron chi connectivity index (χ4n) is 2.12. The normalized spacial score (nSPS) is 15.7. The van der Waals surface area contributed by atoms with Crippen LogP contribution in [0.5, 0.6) is 0 Å². The second-order valence-corrected chi connectivity index (χ2v) is 4.83. The van der Waals surface area contributed by atoms with Crippen molar-refractivity contribution in [3.05, 3.63) is 11.7 Å². The van der Waals surface area contributed by atoms with Gasteiger partial charge in [-0.05, 0) is 6.54 Å². The van der Waals surface area contributed by atoms with Crippen molar-refractivity contribution in [3.63, 3.8) is 0 Å². The zero-order chi connectivity index (χ0) is 15.1. The first-order valence-corrected chi connectivity index (χ1v) is 7.11. The van der Waals surface area contributed by atoms with Gasteiger partial charge in [-0.3, -0.25) is 9.69 Å². The quantitative estimate of drug-likeness (QED) is 0.695. The number of hydrogen-bond donors (Lipinski definition) is 0. The number of hydrogen-bond acceptors (Lipinski definition) is 7. The first kappa shape index (κ1) is 15.9. The number of amides is 1. The molecule has 2 rings (SSSR count). The van der Waals surface area contributed by atoms with E-state index in [2.05, 4.69) is 10.1 Å². The van der Waals surface area contributed by atoms with Crippen LogP contribution < -0.4 is 0 Å². The largest absolute Gasteiger partial charge is 0.378 e. The Morgan fingerprint density at radius 2 is 2.19 bits per heavy atom. The van der Waals surface area contributed by atoms with Gasteiger partial charge in [0.2, 0.25) is 11.8 Å². The number of aromatic nitrogens is 2. The van der Waals surface area contributed by atoms with Crippen molar-refractivity contribution in [1.29, 1.82) is 0 Å². The van der Waals surface area contributed by atoms with Gasteiger partial charge in [0.15, 0.2) is 5.82 Å². The molecule has 0 spiro atoms. The van der Waals surface area contributed by atoms with E-state index in [1.54, 1.807) is 7.11 Å². The predicted molar refractivity (Wildman–Crippen MR) is 73.4 cm³/mol. The van der Waals surface area contributed by atoms with Crippen molar-refractivity contribution in [2.75, 3.05) is 46.5 Å². The minimum absolute atomic E-state index is 0.108. The van der Waals surface area contributed by atoms with Crippen molar-refractivity contribution < 1.29 is 18.8 Å². The molecule has 0 radical (unpaired) electrons. The number of morpholine rings is 1. The number of likely N-dealkylation sites (N-methyl/N-ethyl adjacent to an activating group) is 1. The molecule has 0 aliphatic carbocycles. The zero-order valence-corrected chi connectivity index (χ0v) is 12.6. The molecule has 1 aromatic heterocycles. The highest BCUT2D eigenvalue weighted by Crippen LogP contribution is 2.05. The number of nitrogens with zero attached hydrogens (tertiary/aromatic N) is 4. The van der Waals surface area contributed by atoms with Crippen molar-refractivity contribution in [2.45, 2.75) is 20.1 Å². The average Bonchev–Trinajstić information content (AvgIpc) is 2.95. The predicted octanol–water partition coefficient (Wildman–Crippen LogP) is -0.103. The van der Waals surface area contributed by atoms with Crippen molar-refractivity contribution in [3.8, 4) is 0 Å². The molecular weight excluding hydrogens is 276 g/mol. The molecule has 1 aromatic rings. The molecule has 0 aromatic carbocycles. The highest BCUT2D eigenvalue weighted by atomic mass is 16.5. The van der Waals surface area contributed by atoms with Gasteiger partial charge in [0.05, 0.1) is 26.3 Å². The lowest BCUT2D eigenvalue weighted by Crippen LogP contribution is -2.45. The van der Waals surface area contributed by atoms with E-state index in [1.807, 2.05) is 16.7 Å². The highest BCUT2D eigenvalue weighted by Gasteiger charge is 2.20. The third-order valence-electron chi connectivity index (χ3n) is 3.31. The molecule has 0 saturated carbocycles. The Labute approximate surface area is 124 Å². The summed E-state index contributed by atoms with van der Waals surface area (Å²) in [5.41, 5.74) is 0. The minimum Gasteiger partial charge on any atom is -0.378 e. The third kappa shape index (κ3) is 4.76. The first-order chi connectivity index (χ1) is 10.2. The monoisotopic (exact) mass is 298 g/mol. The van der Waals surface area contributed by atoms with Crippen molar-refractivity contribution in [1.82, 2.24) is 19.9 Å². The van der Waals surface area contributed by atoms with E-state index < -0.39 is 0 Å². The Bertz CT molecular complexity index is 445. The number of ether oxygens (including phenoxy) is 2. The molecule has 1 aliphatic heterocycles. The molecule has 2 heterocycles. The van der Waals surface area contributed by atoms with E-state index in [0.717, 1.165) is 6.54 Å². The Morgan fingerprint density at radius 3 is 2.86 bits per heavy atom. The van der Waals surface area contributed by atoms with Gasteiger partial charge < -0.3 is 18.9 Å². The third-order valence-corrected chi connectivity index (χ3v) is 3.31. The minimum atomic E-state index is 0.108. The summed E-state index contributed by atoms with van der Waals surface area (Å²) in [4.78, 5) is 20.2. The van der Waals surface area contributed by atoms with Gasteiger partial charge in [0, 0.05) is 20.2 Å². The molecule has 1 saturated heterocycles. The van der Waals surface area contributed by atoms with E-state index >= 15 is 0 Å². The van der Waals surface area contributed by atoms with E-state index in [1.165, 1.54) is 0 Å². The van der Waals surface area contributed by atoms with Gasteiger partial charge in [-0.15, -0.1) is 0 Å². The van der Waals surface area contributed by atoms with Gasteiger partial charge in [0.1, 0.15) is 6.61 Å². The molecule has 0 atom stereocenters. The Morgan fingerprint density at radius 1 is 1.43 bits per heavy atom. The van der Waals surface area contributed by atoms with Crippen LogP contribution in [0.4, 0.5) is 0 Å². The maximum Gasteiger partial charge on any atom is 0.240 e. The summed E-state index contributed by atoms with van der Waals surface area (Å²) in [5.74, 6) is 1.12. The molecule has 1 amide bonds. The van der Waals surface area contributed by atoms with Gasteiger partial charge >= 0.3 is 0 Å². The molecule has 8 nitrogen and oxygen atoms in total. The number of carbonyl (C=O) groups is 1. The second-order valence-electron chi connectivity index (χ2n) is 4.83. The SMILES string of the molecule is CCN(CC(=O)N1CCOCC1)Cc1nc(COC)no1. The van der Waals surface area contributed by atoms with Gasteiger partial charge in [0.25, 0.3) is 0 Å². The lowest BCUT2D eigenvalue weighted by molar-refractivity contribution is -0.136. The first-order valence-electron chi connectivity index (χ1n) is 7.11. The maximum absolute atomic E-state index is 12.2. The number of methoxy groups -OCH3 is 1. The van der Waals surface area contributed by atoms with Crippen LogP contribution in [0.15, 0.2) is 4.52 Å². The van der Waals surface area contributed by atoms with Gasteiger partial charge in [-0.25, -0.2) is 0 Å². The average molecular weight is 298 g/mol. The summed E-state index contributed by atoms with van der Waals surface area (Å²) in [7, 11) is 1.58. The van der Waals surface area contributed by atoms with Crippen LogP contribution in [0.3, 0.4) is 0 Å². The van der Waals surface area contributed by atoms with Crippen molar-refractivity contribution >= 4 is 5.91 Å².